The van der Waals surface area contributed by atoms with Crippen molar-refractivity contribution in [1.29, 1.82) is 0 Å². The zero-order valence-electron chi connectivity index (χ0n) is 17.4. The van der Waals surface area contributed by atoms with Gasteiger partial charge in [0.2, 0.25) is 0 Å². The van der Waals surface area contributed by atoms with E-state index in [4.69, 9.17) is 10.5 Å². The molecule has 0 heterocycles. The van der Waals surface area contributed by atoms with E-state index in [1.807, 2.05) is 0 Å². The first-order valence-electron chi connectivity index (χ1n) is 10.3. The second-order valence-corrected chi connectivity index (χ2v) is 8.32. The van der Waals surface area contributed by atoms with E-state index in [0.29, 0.717) is 24.2 Å². The van der Waals surface area contributed by atoms with Gasteiger partial charge in [0.15, 0.2) is 17.5 Å². The second kappa shape index (κ2) is 12.7. The monoisotopic (exact) mass is 424 g/mol. The molecule has 1 unspecified atom stereocenters. The minimum atomic E-state index is -0.299. The van der Waals surface area contributed by atoms with E-state index in [0.717, 1.165) is 43.4 Å². The van der Waals surface area contributed by atoms with Crippen LogP contribution in [0.25, 0.3) is 0 Å². The van der Waals surface area contributed by atoms with Gasteiger partial charge in [0.05, 0.1) is 13.2 Å². The Hall–Kier alpha value is -1.80. The molecule has 8 heteroatoms. The van der Waals surface area contributed by atoms with Gasteiger partial charge in [-0.3, -0.25) is 9.71 Å². The van der Waals surface area contributed by atoms with Gasteiger partial charge >= 0.3 is 0 Å². The average Bonchev–Trinajstić information content (AvgIpc) is 3.55. The molecule has 1 aliphatic rings. The lowest BCUT2D eigenvalue weighted by Gasteiger charge is -2.20. The van der Waals surface area contributed by atoms with E-state index in [2.05, 4.69) is 16.6 Å². The van der Waals surface area contributed by atoms with Gasteiger partial charge in [0.25, 0.3) is 0 Å². The molecular formula is C21H33FN4O2S. The number of ether oxygens (including phenoxy) is 1. The number of guanidine groups is 1. The maximum Gasteiger partial charge on any atom is 0.191 e. The minimum Gasteiger partial charge on any atom is -0.490 e. The third kappa shape index (κ3) is 8.62. The first kappa shape index (κ1) is 23.5. The van der Waals surface area contributed by atoms with Crippen molar-refractivity contribution < 1.29 is 13.9 Å². The van der Waals surface area contributed by atoms with Crippen LogP contribution in [0.4, 0.5) is 4.39 Å². The quantitative estimate of drug-likeness (QED) is 0.156. The topological polar surface area (TPSA) is 80.0 Å². The summed E-state index contributed by atoms with van der Waals surface area (Å²) in [6, 6.07) is 5.19. The summed E-state index contributed by atoms with van der Waals surface area (Å²) in [5, 5.41) is 0. The van der Waals surface area contributed by atoms with Crippen LogP contribution in [0.2, 0.25) is 0 Å². The Labute approximate surface area is 177 Å². The van der Waals surface area contributed by atoms with Crippen LogP contribution in [0.3, 0.4) is 0 Å². The summed E-state index contributed by atoms with van der Waals surface area (Å²) in [7, 11) is 1.62. The van der Waals surface area contributed by atoms with E-state index in [9.17, 15) is 9.18 Å². The Morgan fingerprint density at radius 3 is 2.93 bits per heavy atom. The average molecular weight is 425 g/mol. The molecule has 1 fully saturated rings. The molecule has 29 heavy (non-hydrogen) atoms. The number of nitrogens with one attached hydrogen (secondary N) is 1. The molecule has 2 rings (SSSR count). The van der Waals surface area contributed by atoms with E-state index >= 15 is 0 Å². The molecule has 3 N–H and O–H groups in total. The fourth-order valence-electron chi connectivity index (χ4n) is 2.83. The largest absolute Gasteiger partial charge is 0.490 e. The number of benzene rings is 1. The second-order valence-electron chi connectivity index (χ2n) is 7.39. The standard InChI is InChI=1S/C21H33FN4O2S/c1-16(18-8-9-19(22)20(14-18)28-15-17-6-7-17)25-29-13-5-3-4-10-26(11-12-27)21(23)24-2/h8-9,12,14,16-17,25H,3-7,10-11,13,15H2,1-2H3,(H2,23,24). The molecule has 6 nitrogen and oxygen atoms in total. The Morgan fingerprint density at radius 2 is 2.24 bits per heavy atom. The highest BCUT2D eigenvalue weighted by Gasteiger charge is 2.22. The predicted octanol–water partition coefficient (Wildman–Crippen LogP) is 3.53. The number of nitrogens with zero attached hydrogens (tertiary/aromatic N) is 2. The SMILES string of the molecule is CN=C(N)N(CC=O)CCCCCSNC(C)c1ccc(F)c(OCC2CC2)c1. The molecule has 0 spiro atoms. The number of aliphatic imine (C=N–C) groups is 1. The summed E-state index contributed by atoms with van der Waals surface area (Å²) in [6.07, 6.45) is 6.28. The van der Waals surface area contributed by atoms with Gasteiger partial charge in [-0.15, -0.1) is 0 Å². The van der Waals surface area contributed by atoms with E-state index < -0.39 is 0 Å². The molecule has 1 aromatic rings. The van der Waals surface area contributed by atoms with E-state index in [-0.39, 0.29) is 18.4 Å². The van der Waals surface area contributed by atoms with Gasteiger partial charge in [-0.25, -0.2) is 4.39 Å². The van der Waals surface area contributed by atoms with Crippen LogP contribution >= 0.6 is 11.9 Å². The van der Waals surface area contributed by atoms with Gasteiger partial charge in [0.1, 0.15) is 6.29 Å². The van der Waals surface area contributed by atoms with Gasteiger partial charge < -0.3 is 20.2 Å². The zero-order chi connectivity index (χ0) is 21.1. The number of halogens is 1. The molecule has 0 amide bonds. The molecule has 0 saturated heterocycles. The number of rotatable bonds is 14. The third-order valence-corrected chi connectivity index (χ3v) is 5.92. The lowest BCUT2D eigenvalue weighted by Crippen LogP contribution is -2.39. The fourth-order valence-corrected chi connectivity index (χ4v) is 3.68. The Bertz CT molecular complexity index is 670. The fraction of sp³-hybridized carbons (Fsp3) is 0.619. The number of carbonyl (C=O) groups excluding carboxylic acids is 1. The Kier molecular flexibility index (Phi) is 10.3. The number of carbonyl (C=O) groups is 1. The molecule has 0 aromatic heterocycles. The van der Waals surface area contributed by atoms with Gasteiger partial charge in [-0.1, -0.05) is 24.4 Å². The maximum absolute atomic E-state index is 13.9. The van der Waals surface area contributed by atoms with Crippen molar-refractivity contribution >= 4 is 24.2 Å². The molecule has 1 aromatic carbocycles. The number of aldehydes is 1. The summed E-state index contributed by atoms with van der Waals surface area (Å²) in [6.45, 7) is 3.68. The summed E-state index contributed by atoms with van der Waals surface area (Å²) in [5.74, 6) is 2.03. The summed E-state index contributed by atoms with van der Waals surface area (Å²) in [4.78, 5) is 16.4. The van der Waals surface area contributed by atoms with Gasteiger partial charge in [0, 0.05) is 25.4 Å². The van der Waals surface area contributed by atoms with Crippen LogP contribution in [-0.2, 0) is 4.79 Å². The number of hydrogen-bond acceptors (Lipinski definition) is 5. The summed E-state index contributed by atoms with van der Waals surface area (Å²) < 4.78 is 23.0. The molecule has 162 valence electrons. The van der Waals surface area contributed by atoms with Gasteiger partial charge in [-0.2, -0.15) is 0 Å². The highest BCUT2D eigenvalue weighted by molar-refractivity contribution is 7.97. The molecular weight excluding hydrogens is 391 g/mol. The van der Waals surface area contributed by atoms with Crippen LogP contribution in [0, 0.1) is 11.7 Å². The van der Waals surface area contributed by atoms with E-state index in [1.165, 1.54) is 18.9 Å². The first-order valence-corrected chi connectivity index (χ1v) is 11.2. The van der Waals surface area contributed by atoms with Crippen LogP contribution in [0.5, 0.6) is 5.75 Å². The van der Waals surface area contributed by atoms with Crippen molar-refractivity contribution in [2.24, 2.45) is 16.6 Å². The summed E-state index contributed by atoms with van der Waals surface area (Å²) in [5.41, 5.74) is 6.80. The van der Waals surface area contributed by atoms with Crippen molar-refractivity contribution in [1.82, 2.24) is 9.62 Å². The molecule has 1 aliphatic carbocycles. The molecule has 1 atom stereocenters. The molecule has 1 saturated carbocycles. The number of unbranched alkanes of at least 4 members (excludes halogenated alkanes) is 2. The summed E-state index contributed by atoms with van der Waals surface area (Å²) >= 11 is 1.67. The number of nitrogens with two attached hydrogens (primary N) is 1. The van der Waals surface area contributed by atoms with Crippen molar-refractivity contribution in [3.05, 3.63) is 29.6 Å². The first-order chi connectivity index (χ1) is 14.0. The highest BCUT2D eigenvalue weighted by atomic mass is 32.2. The van der Waals surface area contributed by atoms with E-state index in [1.54, 1.807) is 36.0 Å². The Balaban J connectivity index is 1.63. The van der Waals surface area contributed by atoms with Crippen LogP contribution in [0.15, 0.2) is 23.2 Å². The molecule has 0 bridgehead atoms. The highest BCUT2D eigenvalue weighted by Crippen LogP contribution is 2.31. The smallest absolute Gasteiger partial charge is 0.191 e. The maximum atomic E-state index is 13.9. The lowest BCUT2D eigenvalue weighted by atomic mass is 10.1. The van der Waals surface area contributed by atoms with Crippen molar-refractivity contribution in [3.8, 4) is 5.75 Å². The molecule has 0 radical (unpaired) electrons. The van der Waals surface area contributed by atoms with Gasteiger partial charge in [-0.05, 0) is 56.2 Å². The van der Waals surface area contributed by atoms with Crippen molar-refractivity contribution in [2.75, 3.05) is 32.5 Å². The Morgan fingerprint density at radius 1 is 1.45 bits per heavy atom. The zero-order valence-corrected chi connectivity index (χ0v) is 18.2. The van der Waals surface area contributed by atoms with Crippen LogP contribution in [0.1, 0.15) is 50.6 Å². The lowest BCUT2D eigenvalue weighted by molar-refractivity contribution is -0.108. The van der Waals surface area contributed by atoms with Crippen LogP contribution in [-0.4, -0.2) is 49.6 Å². The van der Waals surface area contributed by atoms with Crippen molar-refractivity contribution in [2.45, 2.75) is 45.1 Å². The number of hydrogen-bond donors (Lipinski definition) is 2. The third-order valence-electron chi connectivity index (χ3n) is 4.91. The van der Waals surface area contributed by atoms with Crippen LogP contribution < -0.4 is 15.2 Å². The van der Waals surface area contributed by atoms with Crippen molar-refractivity contribution in [3.63, 3.8) is 0 Å². The normalized spacial score (nSPS) is 15.2. The minimum absolute atomic E-state index is 0.104. The predicted molar refractivity (Wildman–Crippen MR) is 118 cm³/mol. The molecule has 0 aliphatic heterocycles.